The summed E-state index contributed by atoms with van der Waals surface area (Å²) in [6, 6.07) is 13.0. The van der Waals surface area contributed by atoms with Crippen LogP contribution in [-0.4, -0.2) is 36.0 Å². The van der Waals surface area contributed by atoms with Crippen molar-refractivity contribution >= 4 is 33.6 Å². The molecule has 0 saturated carbocycles. The van der Waals surface area contributed by atoms with Gasteiger partial charge in [0.05, 0.1) is 31.0 Å². The summed E-state index contributed by atoms with van der Waals surface area (Å²) in [7, 11) is 3.16. The molecule has 1 aliphatic rings. The third kappa shape index (κ3) is 2.13. The van der Waals surface area contributed by atoms with Gasteiger partial charge in [0.2, 0.25) is 0 Å². The van der Waals surface area contributed by atoms with Crippen LogP contribution < -0.4 is 14.8 Å². The van der Waals surface area contributed by atoms with E-state index < -0.39 is 11.8 Å². The van der Waals surface area contributed by atoms with E-state index in [9.17, 15) is 9.59 Å². The van der Waals surface area contributed by atoms with Crippen LogP contribution in [0.2, 0.25) is 0 Å². The number of hydrogen-bond acceptors (Lipinski definition) is 5. The fourth-order valence-corrected chi connectivity index (χ4v) is 3.72. The number of hydrogen-bond donors (Lipinski definition) is 2. The topological polar surface area (TPSA) is 93.3 Å². The fraction of sp³-hybridized carbons (Fsp3) is 0.0952. The highest BCUT2D eigenvalue weighted by atomic mass is 16.5. The van der Waals surface area contributed by atoms with Crippen molar-refractivity contribution in [2.24, 2.45) is 0 Å². The molecule has 3 heterocycles. The molecule has 5 rings (SSSR count). The molecular formula is C21H15N3O4. The van der Waals surface area contributed by atoms with Crippen LogP contribution in [0, 0.1) is 0 Å². The molecule has 7 heteroatoms. The van der Waals surface area contributed by atoms with Crippen molar-refractivity contribution in [1.29, 1.82) is 0 Å². The zero-order valence-electron chi connectivity index (χ0n) is 15.1. The molecule has 138 valence electrons. The molecule has 0 spiro atoms. The molecule has 0 bridgehead atoms. The highest BCUT2D eigenvalue weighted by Gasteiger charge is 2.34. The number of carbonyl (C=O) groups is 2. The van der Waals surface area contributed by atoms with Crippen LogP contribution in [0.3, 0.4) is 0 Å². The standard InChI is InChI=1S/C21H15N3O4/c1-27-10-7-8-13-12(9-10)15-16-19(21(26)24-20(16)25)23-17(18(15)22-13)11-5-3-4-6-14(11)28-2/h3-9,22H,1-2H3,(H,24,25,26). The van der Waals surface area contributed by atoms with Crippen LogP contribution >= 0.6 is 0 Å². The number of pyridine rings is 1. The molecule has 28 heavy (non-hydrogen) atoms. The Kier molecular flexibility index (Phi) is 3.39. The largest absolute Gasteiger partial charge is 0.497 e. The summed E-state index contributed by atoms with van der Waals surface area (Å²) in [4.78, 5) is 32.8. The summed E-state index contributed by atoms with van der Waals surface area (Å²) in [5, 5.41) is 3.78. The lowest BCUT2D eigenvalue weighted by Gasteiger charge is -2.10. The Morgan fingerprint density at radius 1 is 0.929 bits per heavy atom. The molecule has 2 aromatic carbocycles. The van der Waals surface area contributed by atoms with E-state index in [1.807, 2.05) is 42.5 Å². The average Bonchev–Trinajstić information content (AvgIpc) is 3.23. The number of carbonyl (C=O) groups excluding carboxylic acids is 2. The van der Waals surface area contributed by atoms with E-state index >= 15 is 0 Å². The molecule has 7 nitrogen and oxygen atoms in total. The van der Waals surface area contributed by atoms with Crippen molar-refractivity contribution in [2.45, 2.75) is 0 Å². The molecule has 2 amide bonds. The second-order valence-electron chi connectivity index (χ2n) is 6.45. The smallest absolute Gasteiger partial charge is 0.277 e. The normalized spacial score (nSPS) is 13.1. The van der Waals surface area contributed by atoms with E-state index in [1.54, 1.807) is 14.2 Å². The molecule has 4 aromatic rings. The summed E-state index contributed by atoms with van der Waals surface area (Å²) in [5.74, 6) is 0.322. The highest BCUT2D eigenvalue weighted by molar-refractivity contribution is 6.30. The lowest BCUT2D eigenvalue weighted by atomic mass is 10.0. The molecule has 0 fully saturated rings. The predicted octanol–water partition coefficient (Wildman–Crippen LogP) is 3.28. The van der Waals surface area contributed by atoms with Crippen LogP contribution in [0.1, 0.15) is 20.8 Å². The number of fused-ring (bicyclic) bond motifs is 5. The van der Waals surface area contributed by atoms with Crippen molar-refractivity contribution in [3.05, 3.63) is 53.7 Å². The van der Waals surface area contributed by atoms with Gasteiger partial charge in [0, 0.05) is 21.9 Å². The zero-order valence-corrected chi connectivity index (χ0v) is 15.1. The first-order valence-electron chi connectivity index (χ1n) is 8.65. The van der Waals surface area contributed by atoms with Crippen molar-refractivity contribution in [1.82, 2.24) is 15.3 Å². The van der Waals surface area contributed by atoms with Crippen molar-refractivity contribution in [2.75, 3.05) is 14.2 Å². The number of imide groups is 1. The van der Waals surface area contributed by atoms with Gasteiger partial charge < -0.3 is 14.5 Å². The van der Waals surface area contributed by atoms with Gasteiger partial charge in [-0.05, 0) is 30.3 Å². The fourth-order valence-electron chi connectivity index (χ4n) is 3.72. The van der Waals surface area contributed by atoms with Gasteiger partial charge in [-0.2, -0.15) is 0 Å². The van der Waals surface area contributed by atoms with Crippen molar-refractivity contribution in [3.8, 4) is 22.8 Å². The Morgan fingerprint density at radius 2 is 1.75 bits per heavy atom. The Bertz CT molecular complexity index is 1310. The van der Waals surface area contributed by atoms with E-state index in [-0.39, 0.29) is 11.3 Å². The third-order valence-corrected chi connectivity index (χ3v) is 4.98. The van der Waals surface area contributed by atoms with Gasteiger partial charge in [0.25, 0.3) is 11.8 Å². The number of aromatic nitrogens is 2. The first-order valence-corrected chi connectivity index (χ1v) is 8.65. The maximum Gasteiger partial charge on any atom is 0.277 e. The van der Waals surface area contributed by atoms with Crippen LogP contribution in [-0.2, 0) is 0 Å². The number of nitrogens with zero attached hydrogens (tertiary/aromatic N) is 1. The van der Waals surface area contributed by atoms with E-state index in [0.29, 0.717) is 28.1 Å². The maximum absolute atomic E-state index is 12.5. The maximum atomic E-state index is 12.5. The number of benzene rings is 2. The van der Waals surface area contributed by atoms with Crippen LogP contribution in [0.5, 0.6) is 11.5 Å². The quantitative estimate of drug-likeness (QED) is 0.538. The monoisotopic (exact) mass is 373 g/mol. The Hall–Kier alpha value is -3.87. The first-order chi connectivity index (χ1) is 13.6. The summed E-state index contributed by atoms with van der Waals surface area (Å²) in [5.41, 5.74) is 3.14. The van der Waals surface area contributed by atoms with E-state index in [0.717, 1.165) is 16.5 Å². The van der Waals surface area contributed by atoms with Gasteiger partial charge >= 0.3 is 0 Å². The van der Waals surface area contributed by atoms with Gasteiger partial charge in [-0.25, -0.2) is 4.98 Å². The van der Waals surface area contributed by atoms with Crippen LogP contribution in [0.25, 0.3) is 33.1 Å². The second kappa shape index (κ2) is 5.82. The number of H-pyrrole nitrogens is 1. The minimum Gasteiger partial charge on any atom is -0.497 e. The first kappa shape index (κ1) is 16.3. The summed E-state index contributed by atoms with van der Waals surface area (Å²) in [6.45, 7) is 0. The molecule has 0 radical (unpaired) electrons. The molecule has 2 N–H and O–H groups in total. The Labute approximate surface area is 159 Å². The average molecular weight is 373 g/mol. The van der Waals surface area contributed by atoms with Gasteiger partial charge in [0.15, 0.2) is 0 Å². The number of amides is 2. The van der Waals surface area contributed by atoms with Crippen LogP contribution in [0.15, 0.2) is 42.5 Å². The molecular weight excluding hydrogens is 358 g/mol. The second-order valence-corrected chi connectivity index (χ2v) is 6.45. The number of para-hydroxylation sites is 1. The van der Waals surface area contributed by atoms with Crippen molar-refractivity contribution in [3.63, 3.8) is 0 Å². The van der Waals surface area contributed by atoms with E-state index in [4.69, 9.17) is 9.47 Å². The van der Waals surface area contributed by atoms with E-state index in [2.05, 4.69) is 15.3 Å². The van der Waals surface area contributed by atoms with Crippen molar-refractivity contribution < 1.29 is 19.1 Å². The highest BCUT2D eigenvalue weighted by Crippen LogP contribution is 2.40. The number of rotatable bonds is 3. The van der Waals surface area contributed by atoms with Gasteiger partial charge in [0.1, 0.15) is 17.2 Å². The number of ether oxygens (including phenoxy) is 2. The Balaban J connectivity index is 1.98. The summed E-state index contributed by atoms with van der Waals surface area (Å²) in [6.07, 6.45) is 0. The number of nitrogens with one attached hydrogen (secondary N) is 2. The van der Waals surface area contributed by atoms with Gasteiger partial charge in [-0.1, -0.05) is 12.1 Å². The minimum absolute atomic E-state index is 0.113. The summed E-state index contributed by atoms with van der Waals surface area (Å²) < 4.78 is 10.8. The van der Waals surface area contributed by atoms with Crippen LogP contribution in [0.4, 0.5) is 0 Å². The molecule has 0 atom stereocenters. The molecule has 2 aromatic heterocycles. The van der Waals surface area contributed by atoms with Gasteiger partial charge in [-0.15, -0.1) is 0 Å². The SMILES string of the molecule is COc1ccc2[nH]c3c(-c4ccccc4OC)nc4c(c3c2c1)C(=O)NC4=O. The van der Waals surface area contributed by atoms with Gasteiger partial charge in [-0.3, -0.25) is 14.9 Å². The summed E-state index contributed by atoms with van der Waals surface area (Å²) >= 11 is 0. The lowest BCUT2D eigenvalue weighted by Crippen LogP contribution is -2.20. The number of aromatic amines is 1. The minimum atomic E-state index is -0.504. The molecule has 0 saturated heterocycles. The predicted molar refractivity (Wildman–Crippen MR) is 104 cm³/mol. The van der Waals surface area contributed by atoms with E-state index in [1.165, 1.54) is 0 Å². The lowest BCUT2D eigenvalue weighted by molar-refractivity contribution is 0.0878. The zero-order chi connectivity index (χ0) is 19.4. The molecule has 0 aliphatic carbocycles. The molecule has 1 aliphatic heterocycles. The third-order valence-electron chi connectivity index (χ3n) is 4.98. The Morgan fingerprint density at radius 3 is 2.54 bits per heavy atom. The molecule has 0 unspecified atom stereocenters. The number of methoxy groups -OCH3 is 2.